The van der Waals surface area contributed by atoms with Crippen LogP contribution < -0.4 is 5.32 Å². The van der Waals surface area contributed by atoms with Crippen LogP contribution in [0, 0.1) is 16.7 Å². The number of morpholine rings is 2. The summed E-state index contributed by atoms with van der Waals surface area (Å²) >= 11 is 0. The van der Waals surface area contributed by atoms with Crippen molar-refractivity contribution in [3.8, 4) is 6.07 Å². The fourth-order valence-corrected chi connectivity index (χ4v) is 4.84. The highest BCUT2D eigenvalue weighted by atomic mass is 16.5. The molecule has 3 atom stereocenters. The third-order valence-electron chi connectivity index (χ3n) is 6.18. The smallest absolute Gasteiger partial charge is 0.323 e. The molecule has 2 heterocycles. The second kappa shape index (κ2) is 9.57. The molecule has 3 rings (SSSR count). The highest BCUT2D eigenvalue weighted by molar-refractivity contribution is 5.94. The van der Waals surface area contributed by atoms with Crippen LogP contribution in [0.4, 0.5) is 0 Å². The second-order valence-corrected chi connectivity index (χ2v) is 10.3. The van der Waals surface area contributed by atoms with Gasteiger partial charge < -0.3 is 15.2 Å². The molecule has 2 fully saturated rings. The third kappa shape index (κ3) is 5.85. The molecule has 1 aromatic rings. The van der Waals surface area contributed by atoms with Gasteiger partial charge in [0.2, 0.25) is 0 Å². The van der Waals surface area contributed by atoms with Gasteiger partial charge in [-0.1, -0.05) is 20.8 Å². The summed E-state index contributed by atoms with van der Waals surface area (Å²) < 4.78 is 6.12. The summed E-state index contributed by atoms with van der Waals surface area (Å²) in [6, 6.07) is 8.61. The zero-order valence-electron chi connectivity index (χ0n) is 19.4. The van der Waals surface area contributed by atoms with E-state index in [1.807, 2.05) is 13.0 Å². The summed E-state index contributed by atoms with van der Waals surface area (Å²) in [5.41, 5.74) is 0.0393. The molecule has 0 aromatic heterocycles. The van der Waals surface area contributed by atoms with E-state index in [0.717, 1.165) is 0 Å². The first-order valence-corrected chi connectivity index (χ1v) is 11.1. The molecule has 0 radical (unpaired) electrons. The first-order chi connectivity index (χ1) is 15.0. The molecule has 1 amide bonds. The average molecular weight is 443 g/mol. The maximum atomic E-state index is 12.3. The van der Waals surface area contributed by atoms with Crippen molar-refractivity contribution in [3.63, 3.8) is 0 Å². The third-order valence-corrected chi connectivity index (χ3v) is 6.18. The van der Waals surface area contributed by atoms with E-state index in [1.54, 1.807) is 24.3 Å². The van der Waals surface area contributed by atoms with E-state index < -0.39 is 11.5 Å². The highest BCUT2D eigenvalue weighted by Crippen LogP contribution is 2.34. The quantitative estimate of drug-likeness (QED) is 0.665. The Kier molecular flexibility index (Phi) is 7.23. The molecule has 2 aliphatic heterocycles. The van der Waals surface area contributed by atoms with Crippen LogP contribution in [0.15, 0.2) is 24.3 Å². The monoisotopic (exact) mass is 442 g/mol. The van der Waals surface area contributed by atoms with Gasteiger partial charge in [0.25, 0.3) is 5.91 Å². The standard InChI is InChI=1S/C24H34N4O4/c1-23(2,3)16-24(4,22(30)31)28-14-19-12-27(13-20(15-28)32-19)10-9-26-21(29)18-7-5-17(11-25)6-8-18/h5-8,19-20H,9-10,12-16H2,1-4H3,(H,26,29)(H,30,31). The molecular formula is C24H34N4O4. The summed E-state index contributed by atoms with van der Waals surface area (Å²) in [7, 11) is 0. The number of carboxylic acid groups (broad SMARTS) is 1. The van der Waals surface area contributed by atoms with Crippen LogP contribution in [0.3, 0.4) is 0 Å². The Bertz CT molecular complexity index is 859. The molecule has 2 saturated heterocycles. The zero-order valence-corrected chi connectivity index (χ0v) is 19.4. The fraction of sp³-hybridized carbons (Fsp3) is 0.625. The number of benzene rings is 1. The van der Waals surface area contributed by atoms with Gasteiger partial charge in [-0.15, -0.1) is 0 Å². The summed E-state index contributed by atoms with van der Waals surface area (Å²) in [5.74, 6) is -0.941. The summed E-state index contributed by atoms with van der Waals surface area (Å²) in [4.78, 5) is 28.9. The minimum Gasteiger partial charge on any atom is -0.480 e. The Hall–Kier alpha value is -2.47. The van der Waals surface area contributed by atoms with Gasteiger partial charge in [0.15, 0.2) is 0 Å². The largest absolute Gasteiger partial charge is 0.480 e. The van der Waals surface area contributed by atoms with Gasteiger partial charge in [-0.25, -0.2) is 0 Å². The molecule has 2 N–H and O–H groups in total. The van der Waals surface area contributed by atoms with Crippen molar-refractivity contribution in [1.82, 2.24) is 15.1 Å². The summed E-state index contributed by atoms with van der Waals surface area (Å²) in [5, 5.41) is 21.8. The van der Waals surface area contributed by atoms with E-state index in [-0.39, 0.29) is 23.5 Å². The van der Waals surface area contributed by atoms with Gasteiger partial charge in [-0.05, 0) is 43.0 Å². The Balaban J connectivity index is 1.52. The number of carbonyl (C=O) groups excluding carboxylic acids is 1. The van der Waals surface area contributed by atoms with E-state index in [1.165, 1.54) is 0 Å². The van der Waals surface area contributed by atoms with Crippen LogP contribution in [0.2, 0.25) is 0 Å². The molecule has 3 unspecified atom stereocenters. The van der Waals surface area contributed by atoms with Crippen molar-refractivity contribution in [3.05, 3.63) is 35.4 Å². The molecule has 1 aromatic carbocycles. The van der Waals surface area contributed by atoms with Crippen molar-refractivity contribution in [2.45, 2.75) is 51.9 Å². The molecule has 0 spiro atoms. The number of rotatable bonds is 7. The lowest BCUT2D eigenvalue weighted by Gasteiger charge is -2.51. The predicted molar refractivity (Wildman–Crippen MR) is 120 cm³/mol. The van der Waals surface area contributed by atoms with Crippen LogP contribution >= 0.6 is 0 Å². The molecule has 8 heteroatoms. The maximum Gasteiger partial charge on any atom is 0.323 e. The number of carboxylic acids is 1. The van der Waals surface area contributed by atoms with E-state index in [9.17, 15) is 14.7 Å². The van der Waals surface area contributed by atoms with E-state index in [4.69, 9.17) is 10.00 Å². The summed E-state index contributed by atoms with van der Waals surface area (Å²) in [6.45, 7) is 11.9. The van der Waals surface area contributed by atoms with E-state index in [2.05, 4.69) is 35.9 Å². The molecule has 2 bridgehead atoms. The lowest BCUT2D eigenvalue weighted by Crippen LogP contribution is -2.66. The van der Waals surface area contributed by atoms with Gasteiger partial charge in [-0.2, -0.15) is 5.26 Å². The number of hydrogen-bond donors (Lipinski definition) is 2. The number of nitrogens with zero attached hydrogens (tertiary/aromatic N) is 3. The minimum atomic E-state index is -0.921. The Morgan fingerprint density at radius 2 is 1.72 bits per heavy atom. The van der Waals surface area contributed by atoms with Gasteiger partial charge in [0, 0.05) is 44.8 Å². The summed E-state index contributed by atoms with van der Waals surface area (Å²) in [6.07, 6.45) is 0.477. The SMILES string of the molecule is CC(C)(C)CC(C)(C(=O)O)N1CC2CN(CCNC(=O)c3ccc(C#N)cc3)CC(C1)O2. The number of nitriles is 1. The number of amides is 1. The number of fused-ring (bicyclic) bond motifs is 2. The van der Waals surface area contributed by atoms with E-state index >= 15 is 0 Å². The van der Waals surface area contributed by atoms with E-state index in [0.29, 0.717) is 56.8 Å². The van der Waals surface area contributed by atoms with Crippen LogP contribution in [-0.4, -0.2) is 83.8 Å². The zero-order chi connectivity index (χ0) is 23.5. The van der Waals surface area contributed by atoms with Gasteiger partial charge >= 0.3 is 5.97 Å². The number of hydrogen-bond acceptors (Lipinski definition) is 6. The molecule has 174 valence electrons. The average Bonchev–Trinajstić information content (AvgIpc) is 2.71. The van der Waals surface area contributed by atoms with Crippen molar-refractivity contribution in [1.29, 1.82) is 5.26 Å². The number of carbonyl (C=O) groups is 2. The van der Waals surface area contributed by atoms with Gasteiger partial charge in [0.1, 0.15) is 5.54 Å². The Morgan fingerprint density at radius 1 is 1.12 bits per heavy atom. The lowest BCUT2D eigenvalue weighted by molar-refractivity contribution is -0.178. The molecule has 32 heavy (non-hydrogen) atoms. The number of nitrogens with one attached hydrogen (secondary N) is 1. The maximum absolute atomic E-state index is 12.3. The van der Waals surface area contributed by atoms with Crippen LogP contribution in [0.25, 0.3) is 0 Å². The highest BCUT2D eigenvalue weighted by Gasteiger charge is 2.47. The Labute approximate surface area is 190 Å². The normalized spacial score (nSPS) is 23.7. The van der Waals surface area contributed by atoms with Gasteiger partial charge in [-0.3, -0.25) is 19.4 Å². The van der Waals surface area contributed by atoms with Crippen LogP contribution in [-0.2, 0) is 9.53 Å². The van der Waals surface area contributed by atoms with Crippen molar-refractivity contribution < 1.29 is 19.4 Å². The molecule has 0 aliphatic carbocycles. The predicted octanol–water partition coefficient (Wildman–Crippen LogP) is 1.95. The number of ether oxygens (including phenoxy) is 1. The van der Waals surface area contributed by atoms with Crippen molar-refractivity contribution in [2.24, 2.45) is 5.41 Å². The van der Waals surface area contributed by atoms with Crippen LogP contribution in [0.5, 0.6) is 0 Å². The minimum absolute atomic E-state index is 0.0460. The van der Waals surface area contributed by atoms with Crippen molar-refractivity contribution >= 4 is 11.9 Å². The first kappa shape index (κ1) is 24.2. The van der Waals surface area contributed by atoms with Crippen molar-refractivity contribution in [2.75, 3.05) is 39.3 Å². The van der Waals surface area contributed by atoms with Crippen LogP contribution in [0.1, 0.15) is 50.0 Å². The molecule has 0 saturated carbocycles. The topological polar surface area (TPSA) is 106 Å². The lowest BCUT2D eigenvalue weighted by atomic mass is 9.79. The molecular weight excluding hydrogens is 408 g/mol. The van der Waals surface area contributed by atoms with Gasteiger partial charge in [0.05, 0.1) is 23.8 Å². The first-order valence-electron chi connectivity index (χ1n) is 11.1. The number of aliphatic carboxylic acids is 1. The molecule has 2 aliphatic rings. The fourth-order valence-electron chi connectivity index (χ4n) is 4.84. The molecule has 8 nitrogen and oxygen atoms in total. The second-order valence-electron chi connectivity index (χ2n) is 10.3. The Morgan fingerprint density at radius 3 is 2.22 bits per heavy atom.